The lowest BCUT2D eigenvalue weighted by molar-refractivity contribution is -0.384. The van der Waals surface area contributed by atoms with Crippen LogP contribution in [0, 0.1) is 10.1 Å². The Labute approximate surface area is 180 Å². The van der Waals surface area contributed by atoms with E-state index >= 15 is 0 Å². The van der Waals surface area contributed by atoms with Crippen LogP contribution in [0.25, 0.3) is 38.6 Å². The number of carbonyl (C=O) groups is 1. The third-order valence-corrected chi connectivity index (χ3v) is 5.66. The van der Waals surface area contributed by atoms with Crippen molar-refractivity contribution in [2.45, 2.75) is 0 Å². The molecule has 3 heterocycles. The first-order valence-electron chi connectivity index (χ1n) is 9.99. The lowest BCUT2D eigenvalue weighted by Crippen LogP contribution is -2.02. The summed E-state index contributed by atoms with van der Waals surface area (Å²) in [5.74, 6) is -0.257. The molecular weight excluding hydrogens is 404 g/mol. The summed E-state index contributed by atoms with van der Waals surface area (Å²) in [5.41, 5.74) is 4.86. The van der Waals surface area contributed by atoms with Crippen LogP contribution in [0.2, 0.25) is 0 Å². The number of hydrogen-bond donors (Lipinski definition) is 0. The fourth-order valence-corrected chi connectivity index (χ4v) is 4.17. The predicted molar refractivity (Wildman–Crippen MR) is 122 cm³/mol. The average molecular weight is 418 g/mol. The standard InChI is InChI=1S/C25H14N4O3/c30-24(16-9-12-17(13-10-16)29(31)32)22-21-14-11-15-5-1-4-8-20(15)28(21)25-23(22)26-18-6-2-3-7-19(18)27-25/h1-14H. The number of para-hydroxylation sites is 3. The molecule has 0 saturated heterocycles. The van der Waals surface area contributed by atoms with Crippen molar-refractivity contribution in [1.82, 2.24) is 14.4 Å². The molecule has 0 aliphatic heterocycles. The lowest BCUT2D eigenvalue weighted by atomic mass is 10.0. The minimum absolute atomic E-state index is 0.0649. The van der Waals surface area contributed by atoms with Gasteiger partial charge in [0.2, 0.25) is 0 Å². The number of non-ortho nitro benzene ring substituents is 1. The van der Waals surface area contributed by atoms with Crippen LogP contribution in [-0.4, -0.2) is 25.1 Å². The molecule has 0 aliphatic carbocycles. The SMILES string of the molecule is O=C(c1ccc([N+](=O)[O-])cc1)c1c2nc3ccccc3nc2n2c1ccc1ccccc12. The van der Waals surface area contributed by atoms with Crippen LogP contribution in [0.5, 0.6) is 0 Å². The second-order valence-corrected chi connectivity index (χ2v) is 7.51. The second kappa shape index (κ2) is 6.68. The van der Waals surface area contributed by atoms with E-state index < -0.39 is 4.92 Å². The minimum Gasteiger partial charge on any atom is -0.292 e. The van der Waals surface area contributed by atoms with Gasteiger partial charge in [-0.15, -0.1) is 0 Å². The van der Waals surface area contributed by atoms with Gasteiger partial charge in [0.05, 0.1) is 32.6 Å². The van der Waals surface area contributed by atoms with Crippen molar-refractivity contribution in [3.05, 3.63) is 106 Å². The van der Waals surface area contributed by atoms with Gasteiger partial charge in [0.25, 0.3) is 5.69 Å². The molecule has 7 nitrogen and oxygen atoms in total. The highest BCUT2D eigenvalue weighted by molar-refractivity contribution is 6.21. The molecule has 6 rings (SSSR count). The van der Waals surface area contributed by atoms with Crippen molar-refractivity contribution >= 4 is 50.1 Å². The predicted octanol–water partition coefficient (Wildman–Crippen LogP) is 5.33. The summed E-state index contributed by atoms with van der Waals surface area (Å²) in [7, 11) is 0. The van der Waals surface area contributed by atoms with E-state index in [2.05, 4.69) is 0 Å². The first-order valence-corrected chi connectivity index (χ1v) is 9.99. The Morgan fingerprint density at radius 3 is 2.22 bits per heavy atom. The molecule has 0 N–H and O–H groups in total. The number of nitro groups is 1. The Hall–Kier alpha value is -4.65. The van der Waals surface area contributed by atoms with E-state index in [1.54, 1.807) is 0 Å². The Morgan fingerprint density at radius 2 is 1.47 bits per heavy atom. The highest BCUT2D eigenvalue weighted by Crippen LogP contribution is 2.31. The largest absolute Gasteiger partial charge is 0.292 e. The molecule has 152 valence electrons. The number of aromatic nitrogens is 3. The smallest absolute Gasteiger partial charge is 0.269 e. The number of benzene rings is 3. The molecule has 0 fully saturated rings. The van der Waals surface area contributed by atoms with Gasteiger partial charge in [0, 0.05) is 17.7 Å². The fourth-order valence-electron chi connectivity index (χ4n) is 4.17. The highest BCUT2D eigenvalue weighted by Gasteiger charge is 2.24. The Balaban J connectivity index is 1.72. The van der Waals surface area contributed by atoms with Crippen LogP contribution in [-0.2, 0) is 0 Å². The number of nitro benzene ring substituents is 1. The molecule has 0 aliphatic rings. The summed E-state index contributed by atoms with van der Waals surface area (Å²) in [6.45, 7) is 0. The van der Waals surface area contributed by atoms with Crippen LogP contribution < -0.4 is 0 Å². The third kappa shape index (κ3) is 2.58. The molecule has 0 bridgehead atoms. The van der Waals surface area contributed by atoms with Crippen molar-refractivity contribution in [2.75, 3.05) is 0 Å². The monoisotopic (exact) mass is 418 g/mol. The molecule has 0 amide bonds. The molecule has 3 aromatic heterocycles. The molecule has 3 aromatic carbocycles. The van der Waals surface area contributed by atoms with Crippen molar-refractivity contribution in [2.24, 2.45) is 0 Å². The number of fused-ring (bicyclic) bond motifs is 6. The summed E-state index contributed by atoms with van der Waals surface area (Å²) in [4.78, 5) is 33.8. The minimum atomic E-state index is -0.485. The molecule has 32 heavy (non-hydrogen) atoms. The molecule has 0 saturated carbocycles. The van der Waals surface area contributed by atoms with Gasteiger partial charge in [0.1, 0.15) is 5.52 Å². The first kappa shape index (κ1) is 18.1. The van der Waals surface area contributed by atoms with Crippen molar-refractivity contribution in [3.63, 3.8) is 0 Å². The van der Waals surface area contributed by atoms with Gasteiger partial charge < -0.3 is 0 Å². The lowest BCUT2D eigenvalue weighted by Gasteiger charge is -2.04. The van der Waals surface area contributed by atoms with E-state index in [0.29, 0.717) is 33.3 Å². The first-order chi connectivity index (χ1) is 15.6. The molecule has 7 heteroatoms. The van der Waals surface area contributed by atoms with Gasteiger partial charge >= 0.3 is 0 Å². The van der Waals surface area contributed by atoms with Gasteiger partial charge in [-0.2, -0.15) is 0 Å². The zero-order chi connectivity index (χ0) is 21.8. The average Bonchev–Trinajstić information content (AvgIpc) is 3.15. The van der Waals surface area contributed by atoms with Crippen LogP contribution in [0.1, 0.15) is 15.9 Å². The van der Waals surface area contributed by atoms with E-state index in [4.69, 9.17) is 9.97 Å². The quantitative estimate of drug-likeness (QED) is 0.220. The van der Waals surface area contributed by atoms with Crippen LogP contribution >= 0.6 is 0 Å². The maximum Gasteiger partial charge on any atom is 0.269 e. The summed E-state index contributed by atoms with van der Waals surface area (Å²) in [5, 5.41) is 12.0. The summed E-state index contributed by atoms with van der Waals surface area (Å²) < 4.78 is 1.96. The number of nitrogens with zero attached hydrogens (tertiary/aromatic N) is 4. The zero-order valence-electron chi connectivity index (χ0n) is 16.6. The Morgan fingerprint density at radius 1 is 0.781 bits per heavy atom. The Kier molecular flexibility index (Phi) is 3.79. The zero-order valence-corrected chi connectivity index (χ0v) is 16.6. The fraction of sp³-hybridized carbons (Fsp3) is 0. The highest BCUT2D eigenvalue weighted by atomic mass is 16.6. The maximum absolute atomic E-state index is 13.6. The number of carbonyl (C=O) groups excluding carboxylic acids is 1. The summed E-state index contributed by atoms with van der Waals surface area (Å²) >= 11 is 0. The van der Waals surface area contributed by atoms with Gasteiger partial charge in [-0.3, -0.25) is 19.3 Å². The van der Waals surface area contributed by atoms with E-state index in [-0.39, 0.29) is 11.5 Å². The van der Waals surface area contributed by atoms with Crippen molar-refractivity contribution in [1.29, 1.82) is 0 Å². The van der Waals surface area contributed by atoms with Gasteiger partial charge in [-0.05, 0) is 41.8 Å². The Bertz CT molecular complexity index is 1720. The van der Waals surface area contributed by atoms with E-state index in [1.165, 1.54) is 24.3 Å². The molecule has 0 atom stereocenters. The number of hydrogen-bond acceptors (Lipinski definition) is 5. The molecule has 6 aromatic rings. The van der Waals surface area contributed by atoms with Gasteiger partial charge in [-0.1, -0.05) is 36.4 Å². The molecule has 0 radical (unpaired) electrons. The number of ketones is 1. The van der Waals surface area contributed by atoms with Crippen LogP contribution in [0.3, 0.4) is 0 Å². The van der Waals surface area contributed by atoms with Crippen molar-refractivity contribution < 1.29 is 9.72 Å². The second-order valence-electron chi connectivity index (χ2n) is 7.51. The van der Waals surface area contributed by atoms with Crippen LogP contribution in [0.15, 0.2) is 84.9 Å². The topological polar surface area (TPSA) is 90.4 Å². The van der Waals surface area contributed by atoms with Crippen LogP contribution in [0.4, 0.5) is 5.69 Å². The third-order valence-electron chi connectivity index (χ3n) is 5.66. The molecule has 0 spiro atoms. The van der Waals surface area contributed by atoms with E-state index in [9.17, 15) is 14.9 Å². The van der Waals surface area contributed by atoms with Gasteiger partial charge in [-0.25, -0.2) is 9.97 Å². The van der Waals surface area contributed by atoms with E-state index in [0.717, 1.165) is 16.4 Å². The number of pyridine rings is 1. The molecular formula is C25H14N4O3. The number of rotatable bonds is 3. The summed E-state index contributed by atoms with van der Waals surface area (Å²) in [6, 6.07) is 24.9. The molecule has 0 unspecified atom stereocenters. The van der Waals surface area contributed by atoms with Gasteiger partial charge in [0.15, 0.2) is 11.4 Å². The van der Waals surface area contributed by atoms with Crippen molar-refractivity contribution in [3.8, 4) is 0 Å². The van der Waals surface area contributed by atoms with E-state index in [1.807, 2.05) is 65.1 Å². The normalized spacial score (nSPS) is 11.5. The maximum atomic E-state index is 13.6. The summed E-state index contributed by atoms with van der Waals surface area (Å²) in [6.07, 6.45) is 0.